The molecule has 0 aromatic heterocycles. The van der Waals surface area contributed by atoms with E-state index in [-0.39, 0.29) is 16.9 Å². The van der Waals surface area contributed by atoms with Crippen LogP contribution in [-0.2, 0) is 14.6 Å². The van der Waals surface area contributed by atoms with Gasteiger partial charge in [-0.1, -0.05) is 30.3 Å². The van der Waals surface area contributed by atoms with Gasteiger partial charge in [-0.25, -0.2) is 8.42 Å². The van der Waals surface area contributed by atoms with Gasteiger partial charge in [-0.3, -0.25) is 0 Å². The number of hydrogen-bond donors (Lipinski definition) is 0. The van der Waals surface area contributed by atoms with Gasteiger partial charge >= 0.3 is 0 Å². The third-order valence-corrected chi connectivity index (χ3v) is 4.60. The molecule has 0 N–H and O–H groups in total. The molecule has 0 spiro atoms. The highest BCUT2D eigenvalue weighted by Crippen LogP contribution is 2.21. The van der Waals surface area contributed by atoms with Gasteiger partial charge in [0.1, 0.15) is 5.75 Å². The number of ether oxygens (including phenoxy) is 2. The zero-order valence-corrected chi connectivity index (χ0v) is 12.8. The molecule has 1 atom stereocenters. The lowest BCUT2D eigenvalue weighted by atomic mass is 10.1. The first-order chi connectivity index (χ1) is 10.0. The van der Waals surface area contributed by atoms with Gasteiger partial charge in [-0.15, -0.1) is 0 Å². The van der Waals surface area contributed by atoms with Gasteiger partial charge in [0.15, 0.2) is 5.94 Å². The maximum atomic E-state index is 12.1. The molecule has 0 heterocycles. The van der Waals surface area contributed by atoms with Crippen LogP contribution in [0.2, 0.25) is 0 Å². The average Bonchev–Trinajstić information content (AvgIpc) is 2.53. The zero-order chi connectivity index (χ0) is 15.3. The van der Waals surface area contributed by atoms with Gasteiger partial charge in [-0.05, 0) is 36.8 Å². The molecule has 0 saturated heterocycles. The molecule has 4 nitrogen and oxygen atoms in total. The summed E-state index contributed by atoms with van der Waals surface area (Å²) in [6, 6.07) is 15.7. The molecule has 2 aromatic rings. The van der Waals surface area contributed by atoms with E-state index in [9.17, 15) is 8.42 Å². The van der Waals surface area contributed by atoms with E-state index in [0.29, 0.717) is 0 Å². The van der Waals surface area contributed by atoms with E-state index in [1.807, 2.05) is 31.2 Å². The Morgan fingerprint density at radius 2 is 1.62 bits per heavy atom. The Morgan fingerprint density at radius 1 is 1.00 bits per heavy atom. The number of benzene rings is 2. The summed E-state index contributed by atoms with van der Waals surface area (Å²) in [5.74, 6) is 0.410. The van der Waals surface area contributed by atoms with Gasteiger partial charge in [-0.2, -0.15) is 0 Å². The zero-order valence-electron chi connectivity index (χ0n) is 12.0. The summed E-state index contributed by atoms with van der Waals surface area (Å²) < 4.78 is 34.8. The van der Waals surface area contributed by atoms with Crippen LogP contribution in [0.3, 0.4) is 0 Å². The van der Waals surface area contributed by atoms with E-state index in [2.05, 4.69) is 0 Å². The summed E-state index contributed by atoms with van der Waals surface area (Å²) in [5, 5.41) is 0. The Labute approximate surface area is 125 Å². The fourth-order valence-corrected chi connectivity index (χ4v) is 2.95. The summed E-state index contributed by atoms with van der Waals surface area (Å²) in [4.78, 5) is 0.270. The van der Waals surface area contributed by atoms with Crippen LogP contribution in [0, 0.1) is 0 Å². The average molecular weight is 306 g/mol. The molecular formula is C16H18O4S. The Kier molecular flexibility index (Phi) is 4.98. The molecule has 0 unspecified atom stereocenters. The molecule has 0 aliphatic carbocycles. The first-order valence-electron chi connectivity index (χ1n) is 6.56. The van der Waals surface area contributed by atoms with Crippen molar-refractivity contribution in [3.63, 3.8) is 0 Å². The lowest BCUT2D eigenvalue weighted by Gasteiger charge is -2.14. The standard InChI is InChI=1S/C16H18O4S/c1-13(14-8-10-15(19-2)11-9-14)20-12-21(17,18)16-6-4-3-5-7-16/h3-11,13H,12H2,1-2H3/t13-/m1/s1. The summed E-state index contributed by atoms with van der Waals surface area (Å²) >= 11 is 0. The fraction of sp³-hybridized carbons (Fsp3) is 0.250. The first-order valence-corrected chi connectivity index (χ1v) is 8.21. The maximum Gasteiger partial charge on any atom is 0.202 e. The predicted molar refractivity (Wildman–Crippen MR) is 81.0 cm³/mol. The number of methoxy groups -OCH3 is 1. The van der Waals surface area contributed by atoms with Crippen molar-refractivity contribution in [2.24, 2.45) is 0 Å². The van der Waals surface area contributed by atoms with Crippen LogP contribution in [0.25, 0.3) is 0 Å². The topological polar surface area (TPSA) is 52.6 Å². The molecule has 2 rings (SSSR count). The van der Waals surface area contributed by atoms with Crippen molar-refractivity contribution in [2.45, 2.75) is 17.9 Å². The molecule has 0 amide bonds. The van der Waals surface area contributed by atoms with Crippen molar-refractivity contribution in [1.29, 1.82) is 0 Å². The smallest absolute Gasteiger partial charge is 0.202 e. The second-order valence-electron chi connectivity index (χ2n) is 4.63. The van der Waals surface area contributed by atoms with Gasteiger partial charge < -0.3 is 9.47 Å². The molecule has 0 aliphatic rings. The molecular weight excluding hydrogens is 288 g/mol. The van der Waals surface area contributed by atoms with Crippen molar-refractivity contribution in [2.75, 3.05) is 13.0 Å². The SMILES string of the molecule is COc1ccc([C@@H](C)OCS(=O)(=O)c2ccccc2)cc1. The minimum absolute atomic E-state index is 0.270. The Bertz CT molecular complexity index is 663. The molecule has 0 saturated carbocycles. The summed E-state index contributed by atoms with van der Waals surface area (Å²) in [7, 11) is -1.82. The monoisotopic (exact) mass is 306 g/mol. The number of sulfone groups is 1. The van der Waals surface area contributed by atoms with Gasteiger partial charge in [0.25, 0.3) is 0 Å². The predicted octanol–water partition coefficient (Wildman–Crippen LogP) is 3.20. The van der Waals surface area contributed by atoms with E-state index >= 15 is 0 Å². The van der Waals surface area contributed by atoms with Crippen LogP contribution >= 0.6 is 0 Å². The maximum absolute atomic E-state index is 12.1. The minimum Gasteiger partial charge on any atom is -0.497 e. The highest BCUT2D eigenvalue weighted by molar-refractivity contribution is 7.91. The molecule has 21 heavy (non-hydrogen) atoms. The Hall–Kier alpha value is -1.85. The summed E-state index contributed by atoms with van der Waals surface area (Å²) in [6.07, 6.45) is -0.311. The third-order valence-electron chi connectivity index (χ3n) is 3.16. The van der Waals surface area contributed by atoms with E-state index in [0.717, 1.165) is 11.3 Å². The third kappa shape index (κ3) is 4.06. The van der Waals surface area contributed by atoms with E-state index in [4.69, 9.17) is 9.47 Å². The molecule has 2 aromatic carbocycles. The molecule has 0 aliphatic heterocycles. The van der Waals surface area contributed by atoms with Crippen LogP contribution in [0.5, 0.6) is 5.75 Å². The van der Waals surface area contributed by atoms with Gasteiger partial charge in [0, 0.05) is 0 Å². The molecule has 5 heteroatoms. The van der Waals surface area contributed by atoms with Crippen LogP contribution < -0.4 is 4.74 Å². The van der Waals surface area contributed by atoms with Crippen molar-refractivity contribution in [3.05, 3.63) is 60.2 Å². The van der Waals surface area contributed by atoms with Crippen LogP contribution in [0.4, 0.5) is 0 Å². The second-order valence-corrected chi connectivity index (χ2v) is 6.56. The Balaban J connectivity index is 2.01. The molecule has 0 bridgehead atoms. The molecule has 112 valence electrons. The molecule has 0 fully saturated rings. The van der Waals surface area contributed by atoms with Crippen molar-refractivity contribution in [3.8, 4) is 5.75 Å². The van der Waals surface area contributed by atoms with Crippen molar-refractivity contribution >= 4 is 9.84 Å². The molecule has 0 radical (unpaired) electrons. The number of hydrogen-bond acceptors (Lipinski definition) is 4. The van der Waals surface area contributed by atoms with E-state index in [1.54, 1.807) is 37.4 Å². The summed E-state index contributed by atoms with van der Waals surface area (Å²) in [6.45, 7) is 1.82. The quantitative estimate of drug-likeness (QED) is 0.822. The van der Waals surface area contributed by atoms with Crippen LogP contribution in [0.15, 0.2) is 59.5 Å². The van der Waals surface area contributed by atoms with E-state index in [1.165, 1.54) is 0 Å². The largest absolute Gasteiger partial charge is 0.497 e. The summed E-state index contributed by atoms with van der Waals surface area (Å²) in [5.41, 5.74) is 0.902. The lowest BCUT2D eigenvalue weighted by molar-refractivity contribution is 0.101. The Morgan fingerprint density at radius 3 is 2.19 bits per heavy atom. The number of rotatable bonds is 6. The van der Waals surface area contributed by atoms with Gasteiger partial charge in [0.2, 0.25) is 9.84 Å². The van der Waals surface area contributed by atoms with Crippen LogP contribution in [0.1, 0.15) is 18.6 Å². The fourth-order valence-electron chi connectivity index (χ4n) is 1.86. The minimum atomic E-state index is -3.42. The van der Waals surface area contributed by atoms with Crippen molar-refractivity contribution < 1.29 is 17.9 Å². The lowest BCUT2D eigenvalue weighted by Crippen LogP contribution is -2.12. The van der Waals surface area contributed by atoms with E-state index < -0.39 is 9.84 Å². The van der Waals surface area contributed by atoms with Gasteiger partial charge in [0.05, 0.1) is 18.1 Å². The second kappa shape index (κ2) is 6.74. The normalized spacial score (nSPS) is 12.9. The highest BCUT2D eigenvalue weighted by atomic mass is 32.2. The first kappa shape index (κ1) is 15.5. The van der Waals surface area contributed by atoms with Crippen molar-refractivity contribution in [1.82, 2.24) is 0 Å². The van der Waals surface area contributed by atoms with Crippen LogP contribution in [-0.4, -0.2) is 21.5 Å². The highest BCUT2D eigenvalue weighted by Gasteiger charge is 2.16.